The number of hydrogen-bond acceptors (Lipinski definition) is 0. The van der Waals surface area contributed by atoms with Gasteiger partial charge in [-0.25, -0.2) is 0 Å². The third kappa shape index (κ3) is 2.49. The normalized spacial score (nSPS) is 11.5. The highest BCUT2D eigenvalue weighted by atomic mass is 19.4. The van der Waals surface area contributed by atoms with Gasteiger partial charge in [-0.2, -0.15) is 13.2 Å². The van der Waals surface area contributed by atoms with E-state index in [1.807, 2.05) is 0 Å². The molecule has 0 nitrogen and oxygen atoms in total. The van der Waals surface area contributed by atoms with Gasteiger partial charge in [0.1, 0.15) is 0 Å². The molecule has 0 spiro atoms. The second-order valence-corrected chi connectivity index (χ2v) is 3.84. The largest absolute Gasteiger partial charge is 0.417 e. The molecule has 0 fully saturated rings. The summed E-state index contributed by atoms with van der Waals surface area (Å²) in [6.45, 7) is 1.65. The van der Waals surface area contributed by atoms with Gasteiger partial charge >= 0.3 is 6.18 Å². The van der Waals surface area contributed by atoms with Crippen molar-refractivity contribution in [1.29, 1.82) is 0 Å². The van der Waals surface area contributed by atoms with Crippen LogP contribution in [0, 0.1) is 13.0 Å². The fraction of sp³-hybridized carbons (Fsp3) is 0.143. The lowest BCUT2D eigenvalue weighted by atomic mass is 9.97. The van der Waals surface area contributed by atoms with E-state index in [1.165, 1.54) is 12.1 Å². The van der Waals surface area contributed by atoms with Crippen molar-refractivity contribution < 1.29 is 13.2 Å². The van der Waals surface area contributed by atoms with Gasteiger partial charge in [-0.15, -0.1) is 0 Å². The van der Waals surface area contributed by atoms with E-state index in [-0.39, 0.29) is 5.56 Å². The molecule has 0 aliphatic heterocycles. The van der Waals surface area contributed by atoms with Crippen LogP contribution in [0.3, 0.4) is 0 Å². The van der Waals surface area contributed by atoms with Gasteiger partial charge in [0.25, 0.3) is 0 Å². The van der Waals surface area contributed by atoms with E-state index in [1.54, 1.807) is 37.3 Å². The Bertz CT molecular complexity index is 513. The minimum Gasteiger partial charge on any atom is -0.166 e. The molecule has 87 valence electrons. The van der Waals surface area contributed by atoms with Crippen LogP contribution in [-0.4, -0.2) is 0 Å². The molecule has 0 bridgehead atoms. The standard InChI is InChI=1S/C14H10F3/c1-10-7-8-12(11-5-3-2-4-6-11)13(9-10)14(15,16)17/h3-9H,1H3. The summed E-state index contributed by atoms with van der Waals surface area (Å²) in [7, 11) is 0. The van der Waals surface area contributed by atoms with Crippen LogP contribution in [0.1, 0.15) is 11.1 Å². The van der Waals surface area contributed by atoms with Gasteiger partial charge in [0.2, 0.25) is 0 Å². The van der Waals surface area contributed by atoms with Crippen molar-refractivity contribution in [3.63, 3.8) is 0 Å². The molecule has 0 N–H and O–H groups in total. The maximum absolute atomic E-state index is 12.9. The number of aryl methyl sites for hydroxylation is 1. The first-order valence-corrected chi connectivity index (χ1v) is 5.13. The number of halogens is 3. The monoisotopic (exact) mass is 235 g/mol. The highest BCUT2D eigenvalue weighted by Gasteiger charge is 2.33. The third-order valence-corrected chi connectivity index (χ3v) is 2.51. The molecular weight excluding hydrogens is 225 g/mol. The number of rotatable bonds is 1. The van der Waals surface area contributed by atoms with Crippen molar-refractivity contribution in [1.82, 2.24) is 0 Å². The van der Waals surface area contributed by atoms with Crippen molar-refractivity contribution in [2.75, 3.05) is 0 Å². The zero-order valence-corrected chi connectivity index (χ0v) is 9.18. The highest BCUT2D eigenvalue weighted by molar-refractivity contribution is 5.68. The second kappa shape index (κ2) is 4.24. The van der Waals surface area contributed by atoms with Crippen LogP contribution in [0.4, 0.5) is 13.2 Å². The smallest absolute Gasteiger partial charge is 0.166 e. The molecule has 0 aliphatic rings. The van der Waals surface area contributed by atoms with E-state index in [2.05, 4.69) is 6.07 Å². The molecule has 0 aromatic heterocycles. The Labute approximate surface area is 97.7 Å². The Balaban J connectivity index is 2.63. The van der Waals surface area contributed by atoms with Crippen molar-refractivity contribution in [2.45, 2.75) is 13.1 Å². The number of alkyl halides is 3. The Kier molecular flexibility index (Phi) is 2.92. The zero-order chi connectivity index (χ0) is 12.5. The third-order valence-electron chi connectivity index (χ3n) is 2.51. The fourth-order valence-electron chi connectivity index (χ4n) is 1.71. The minimum atomic E-state index is -4.33. The maximum atomic E-state index is 12.9. The van der Waals surface area contributed by atoms with Crippen molar-refractivity contribution in [3.8, 4) is 11.1 Å². The van der Waals surface area contributed by atoms with E-state index in [0.29, 0.717) is 11.1 Å². The Morgan fingerprint density at radius 1 is 1.00 bits per heavy atom. The van der Waals surface area contributed by atoms with Gasteiger partial charge in [-0.3, -0.25) is 0 Å². The van der Waals surface area contributed by atoms with Crippen LogP contribution < -0.4 is 0 Å². The molecule has 1 radical (unpaired) electrons. The summed E-state index contributed by atoms with van der Waals surface area (Å²) in [5.74, 6) is 0. The van der Waals surface area contributed by atoms with Crippen LogP contribution in [-0.2, 0) is 6.18 Å². The summed E-state index contributed by atoms with van der Waals surface area (Å²) in [5.41, 5.74) is 0.764. The molecule has 17 heavy (non-hydrogen) atoms. The van der Waals surface area contributed by atoms with Gasteiger partial charge in [-0.05, 0) is 30.2 Å². The topological polar surface area (TPSA) is 0 Å². The first-order valence-electron chi connectivity index (χ1n) is 5.13. The Morgan fingerprint density at radius 2 is 1.65 bits per heavy atom. The summed E-state index contributed by atoms with van der Waals surface area (Å²) in [6.07, 6.45) is -4.33. The first-order chi connectivity index (χ1) is 7.98. The molecule has 3 heteroatoms. The van der Waals surface area contributed by atoms with E-state index in [4.69, 9.17) is 0 Å². The maximum Gasteiger partial charge on any atom is 0.417 e. The van der Waals surface area contributed by atoms with E-state index in [9.17, 15) is 13.2 Å². The van der Waals surface area contributed by atoms with Crippen LogP contribution in [0.15, 0.2) is 42.5 Å². The summed E-state index contributed by atoms with van der Waals surface area (Å²) in [4.78, 5) is 0. The number of benzene rings is 2. The molecule has 0 unspecified atom stereocenters. The number of hydrogen-bond donors (Lipinski definition) is 0. The molecule has 2 rings (SSSR count). The Hall–Kier alpha value is -1.77. The molecule has 2 aromatic rings. The highest BCUT2D eigenvalue weighted by Crippen LogP contribution is 2.37. The summed E-state index contributed by atoms with van der Waals surface area (Å²) >= 11 is 0. The lowest BCUT2D eigenvalue weighted by Gasteiger charge is -2.13. The molecule has 0 saturated heterocycles. The van der Waals surface area contributed by atoms with Crippen LogP contribution in [0.2, 0.25) is 0 Å². The van der Waals surface area contributed by atoms with Gasteiger partial charge in [0.05, 0.1) is 5.56 Å². The predicted octanol–water partition coefficient (Wildman–Crippen LogP) is 4.48. The average molecular weight is 235 g/mol. The van der Waals surface area contributed by atoms with Gasteiger partial charge in [0, 0.05) is 0 Å². The predicted molar refractivity (Wildman–Crippen MR) is 60.5 cm³/mol. The fourth-order valence-corrected chi connectivity index (χ4v) is 1.71. The molecule has 0 aliphatic carbocycles. The van der Waals surface area contributed by atoms with Crippen molar-refractivity contribution >= 4 is 0 Å². The summed E-state index contributed by atoms with van der Waals surface area (Å²) < 4.78 is 38.7. The van der Waals surface area contributed by atoms with E-state index in [0.717, 1.165) is 0 Å². The average Bonchev–Trinajstić information content (AvgIpc) is 2.29. The first kappa shape index (κ1) is 11.7. The zero-order valence-electron chi connectivity index (χ0n) is 9.18. The molecular formula is C14H10F3. The molecule has 0 heterocycles. The van der Waals surface area contributed by atoms with Gasteiger partial charge < -0.3 is 0 Å². The SMILES string of the molecule is Cc1ccc(-c2cc[c]cc2)c(C(F)(F)F)c1. The second-order valence-electron chi connectivity index (χ2n) is 3.84. The summed E-state index contributed by atoms with van der Waals surface area (Å²) in [5, 5.41) is 0. The van der Waals surface area contributed by atoms with Crippen molar-refractivity contribution in [3.05, 3.63) is 59.7 Å². The quantitative estimate of drug-likeness (QED) is 0.683. The summed E-state index contributed by atoms with van der Waals surface area (Å²) in [6, 6.07) is 13.6. The minimum absolute atomic E-state index is 0.206. The molecule has 2 aromatic carbocycles. The molecule has 0 atom stereocenters. The van der Waals surface area contributed by atoms with Crippen LogP contribution >= 0.6 is 0 Å². The molecule has 0 saturated carbocycles. The Morgan fingerprint density at radius 3 is 2.24 bits per heavy atom. The van der Waals surface area contributed by atoms with Gasteiger partial charge in [-0.1, -0.05) is 42.0 Å². The van der Waals surface area contributed by atoms with Crippen molar-refractivity contribution in [2.24, 2.45) is 0 Å². The van der Waals surface area contributed by atoms with E-state index < -0.39 is 11.7 Å². The van der Waals surface area contributed by atoms with Crippen LogP contribution in [0.25, 0.3) is 11.1 Å². The lowest BCUT2D eigenvalue weighted by Crippen LogP contribution is -2.07. The van der Waals surface area contributed by atoms with Gasteiger partial charge in [0.15, 0.2) is 0 Å². The van der Waals surface area contributed by atoms with E-state index >= 15 is 0 Å². The molecule has 0 amide bonds. The lowest BCUT2D eigenvalue weighted by molar-refractivity contribution is -0.137. The van der Waals surface area contributed by atoms with Crippen LogP contribution in [0.5, 0.6) is 0 Å².